The van der Waals surface area contributed by atoms with Gasteiger partial charge in [-0.25, -0.2) is 13.2 Å². The van der Waals surface area contributed by atoms with E-state index in [0.29, 0.717) is 17.6 Å². The van der Waals surface area contributed by atoms with Crippen LogP contribution in [0.1, 0.15) is 18.5 Å². The third-order valence-electron chi connectivity index (χ3n) is 2.93. The molecule has 0 spiro atoms. The Bertz CT molecular complexity index is 779. The lowest BCUT2D eigenvalue weighted by Gasteiger charge is -2.19. The van der Waals surface area contributed by atoms with Crippen molar-refractivity contribution >= 4 is 36.8 Å². The van der Waals surface area contributed by atoms with Gasteiger partial charge in [0.05, 0.1) is 16.8 Å². The van der Waals surface area contributed by atoms with Gasteiger partial charge in [0.15, 0.2) is 0 Å². The lowest BCUT2D eigenvalue weighted by atomic mass is 10.1. The molecule has 1 aromatic carbocycles. The highest BCUT2D eigenvalue weighted by atomic mass is 79.9. The zero-order valence-electron chi connectivity index (χ0n) is 11.2. The highest BCUT2D eigenvalue weighted by Gasteiger charge is 2.20. The van der Waals surface area contributed by atoms with Crippen LogP contribution in [0.25, 0.3) is 11.0 Å². The third kappa shape index (κ3) is 3.50. The second-order valence-electron chi connectivity index (χ2n) is 4.70. The van der Waals surface area contributed by atoms with Gasteiger partial charge < -0.3 is 15.3 Å². The molecule has 0 saturated heterocycles. The fraction of sp³-hybridized carbons (Fsp3) is 0.417. The first-order chi connectivity index (χ1) is 9.30. The molecule has 3 N–H and O–H groups in total. The maximum absolute atomic E-state index is 11.5. The normalized spacial score (nSPS) is 13.8. The van der Waals surface area contributed by atoms with E-state index >= 15 is 0 Å². The van der Waals surface area contributed by atoms with Crippen LogP contribution in [0.5, 0.6) is 0 Å². The zero-order valence-corrected chi connectivity index (χ0v) is 13.6. The quantitative estimate of drug-likeness (QED) is 0.748. The summed E-state index contributed by atoms with van der Waals surface area (Å²) in [5.41, 5.74) is 1.86. The second kappa shape index (κ2) is 5.71. The van der Waals surface area contributed by atoms with Crippen LogP contribution in [0, 0.1) is 0 Å². The second-order valence-corrected chi connectivity index (χ2v) is 7.74. The highest BCUT2D eigenvalue weighted by Crippen LogP contribution is 2.28. The van der Waals surface area contributed by atoms with Crippen molar-refractivity contribution in [2.75, 3.05) is 18.6 Å². The van der Waals surface area contributed by atoms with Crippen molar-refractivity contribution in [1.82, 2.24) is 15.3 Å². The number of rotatable bonds is 5. The average Bonchev–Trinajstić information content (AvgIpc) is 2.65. The maximum atomic E-state index is 11.5. The maximum Gasteiger partial charge on any atom is 0.323 e. The predicted molar refractivity (Wildman–Crippen MR) is 82.7 cm³/mol. The molecule has 0 saturated carbocycles. The van der Waals surface area contributed by atoms with Gasteiger partial charge in [-0.05, 0) is 24.2 Å². The molecule has 0 bridgehead atoms. The molecule has 2 rings (SSSR count). The van der Waals surface area contributed by atoms with Crippen molar-refractivity contribution in [1.29, 1.82) is 0 Å². The first-order valence-corrected chi connectivity index (χ1v) is 8.98. The highest BCUT2D eigenvalue weighted by molar-refractivity contribution is 9.10. The van der Waals surface area contributed by atoms with E-state index in [1.54, 1.807) is 12.1 Å². The molecule has 0 amide bonds. The van der Waals surface area contributed by atoms with Crippen LogP contribution in [0.3, 0.4) is 0 Å². The zero-order chi connectivity index (χ0) is 14.9. The largest absolute Gasteiger partial charge is 0.323 e. The number of hydrogen-bond donors (Lipinski definition) is 3. The number of hydrogen-bond acceptors (Lipinski definition) is 4. The van der Waals surface area contributed by atoms with Gasteiger partial charge in [0.2, 0.25) is 0 Å². The van der Waals surface area contributed by atoms with E-state index < -0.39 is 9.84 Å². The summed E-state index contributed by atoms with van der Waals surface area (Å²) in [6, 6.07) is 3.23. The van der Waals surface area contributed by atoms with Crippen molar-refractivity contribution in [3.05, 3.63) is 32.7 Å². The molecule has 0 fully saturated rings. The molecule has 2 aromatic rings. The predicted octanol–water partition coefficient (Wildman–Crippen LogP) is 1.31. The smallest absolute Gasteiger partial charge is 0.309 e. The molecule has 1 heterocycles. The summed E-state index contributed by atoms with van der Waals surface area (Å²) in [5.74, 6) is -0.000395. The van der Waals surface area contributed by atoms with Gasteiger partial charge in [0.1, 0.15) is 9.84 Å². The van der Waals surface area contributed by atoms with E-state index in [1.165, 1.54) is 6.26 Å². The Hall–Kier alpha value is -1.12. The minimum atomic E-state index is -3.12. The van der Waals surface area contributed by atoms with Gasteiger partial charge in [0, 0.05) is 16.8 Å². The summed E-state index contributed by atoms with van der Waals surface area (Å²) in [4.78, 5) is 16.6. The monoisotopic (exact) mass is 361 g/mol. The molecule has 8 heteroatoms. The van der Waals surface area contributed by atoms with E-state index in [-0.39, 0.29) is 17.5 Å². The molecular weight excluding hydrogens is 346 g/mol. The topological polar surface area (TPSA) is 94.8 Å². The van der Waals surface area contributed by atoms with Crippen molar-refractivity contribution in [3.8, 4) is 0 Å². The number of imidazole rings is 1. The Balaban J connectivity index is 2.51. The number of fused-ring (bicyclic) bond motifs is 1. The SMILES string of the molecule is CCNC(CS(C)(=O)=O)c1cc2[nH]c(=O)[nH]c2cc1Br. The van der Waals surface area contributed by atoms with Gasteiger partial charge in [0.25, 0.3) is 0 Å². The summed E-state index contributed by atoms with van der Waals surface area (Å²) < 4.78 is 23.9. The van der Waals surface area contributed by atoms with Gasteiger partial charge >= 0.3 is 5.69 Å². The number of aromatic amines is 2. The summed E-state index contributed by atoms with van der Waals surface area (Å²) in [5, 5.41) is 3.16. The van der Waals surface area contributed by atoms with Gasteiger partial charge in [-0.3, -0.25) is 0 Å². The molecule has 0 aliphatic rings. The van der Waals surface area contributed by atoms with Crippen LogP contribution >= 0.6 is 15.9 Å². The molecule has 1 aromatic heterocycles. The molecular formula is C12H16BrN3O3S. The van der Waals surface area contributed by atoms with Crippen molar-refractivity contribution in [3.63, 3.8) is 0 Å². The Morgan fingerprint density at radius 2 is 1.90 bits per heavy atom. The molecule has 0 radical (unpaired) electrons. The first-order valence-electron chi connectivity index (χ1n) is 6.12. The number of H-pyrrole nitrogens is 2. The van der Waals surface area contributed by atoms with Crippen LogP contribution in [-0.2, 0) is 9.84 Å². The fourth-order valence-corrected chi connectivity index (χ4v) is 3.67. The number of halogens is 1. The molecule has 1 atom stereocenters. The summed E-state index contributed by atoms with van der Waals surface area (Å²) in [6.45, 7) is 2.56. The molecule has 110 valence electrons. The summed E-state index contributed by atoms with van der Waals surface area (Å²) in [6.07, 6.45) is 1.21. The molecule has 1 unspecified atom stereocenters. The molecule has 6 nitrogen and oxygen atoms in total. The summed E-state index contributed by atoms with van der Waals surface area (Å²) in [7, 11) is -3.12. The van der Waals surface area contributed by atoms with Gasteiger partial charge in [-0.15, -0.1) is 0 Å². The Kier molecular flexibility index (Phi) is 4.36. The van der Waals surface area contributed by atoms with Crippen LogP contribution in [0.2, 0.25) is 0 Å². The van der Waals surface area contributed by atoms with Crippen molar-refractivity contribution < 1.29 is 8.42 Å². The number of sulfone groups is 1. The molecule has 0 aliphatic carbocycles. The standard InChI is InChI=1S/C12H16BrN3O3S/c1-3-14-11(6-20(2,18)19)7-4-9-10(5-8(7)13)16-12(17)15-9/h4-5,11,14H,3,6H2,1-2H3,(H2,15,16,17). The summed E-state index contributed by atoms with van der Waals surface area (Å²) >= 11 is 3.43. The Morgan fingerprint density at radius 1 is 1.30 bits per heavy atom. The number of nitrogens with one attached hydrogen (secondary N) is 3. The number of benzene rings is 1. The first kappa shape index (κ1) is 15.3. The van der Waals surface area contributed by atoms with Gasteiger partial charge in [-0.2, -0.15) is 0 Å². The van der Waals surface area contributed by atoms with E-state index in [2.05, 4.69) is 31.2 Å². The van der Waals surface area contributed by atoms with Crippen molar-refractivity contribution in [2.24, 2.45) is 0 Å². The van der Waals surface area contributed by atoms with E-state index in [1.807, 2.05) is 6.92 Å². The van der Waals surface area contributed by atoms with E-state index in [0.717, 1.165) is 10.0 Å². The Morgan fingerprint density at radius 3 is 2.45 bits per heavy atom. The van der Waals surface area contributed by atoms with Crippen LogP contribution in [-0.4, -0.2) is 36.9 Å². The minimum Gasteiger partial charge on any atom is -0.309 e. The molecule has 0 aliphatic heterocycles. The fourth-order valence-electron chi connectivity index (χ4n) is 2.15. The van der Waals surface area contributed by atoms with Crippen LogP contribution < -0.4 is 11.0 Å². The van der Waals surface area contributed by atoms with Crippen LogP contribution in [0.15, 0.2) is 21.4 Å². The van der Waals surface area contributed by atoms with Crippen LogP contribution in [0.4, 0.5) is 0 Å². The number of aromatic nitrogens is 2. The van der Waals surface area contributed by atoms with Gasteiger partial charge in [-0.1, -0.05) is 22.9 Å². The van der Waals surface area contributed by atoms with E-state index in [9.17, 15) is 13.2 Å². The third-order valence-corrected chi connectivity index (χ3v) is 4.55. The minimum absolute atomic E-state index is 0.000395. The molecule has 20 heavy (non-hydrogen) atoms. The Labute approximate surface area is 125 Å². The van der Waals surface area contributed by atoms with Crippen molar-refractivity contribution in [2.45, 2.75) is 13.0 Å². The van der Waals surface area contributed by atoms with E-state index in [4.69, 9.17) is 0 Å². The lowest BCUT2D eigenvalue weighted by molar-refractivity contribution is 0.562. The lowest BCUT2D eigenvalue weighted by Crippen LogP contribution is -2.28. The average molecular weight is 362 g/mol.